The average Bonchev–Trinajstić information content (AvgIpc) is 2.60. The summed E-state index contributed by atoms with van der Waals surface area (Å²) in [5, 5.41) is 0. The lowest BCUT2D eigenvalue weighted by Crippen LogP contribution is -2.28. The summed E-state index contributed by atoms with van der Waals surface area (Å²) in [4.78, 5) is 24.2. The first kappa shape index (κ1) is 8.29. The van der Waals surface area contributed by atoms with Crippen LogP contribution in [0.2, 0.25) is 0 Å². The lowest BCUT2D eigenvalue weighted by atomic mass is 10.3. The van der Waals surface area contributed by atoms with Gasteiger partial charge in [-0.25, -0.2) is 0 Å². The number of hydrogen-bond acceptors (Lipinski definition) is 3. The molecule has 0 aromatic carbocycles. The van der Waals surface area contributed by atoms with Crippen molar-refractivity contribution in [2.24, 2.45) is 0 Å². The summed E-state index contributed by atoms with van der Waals surface area (Å²) in [6.07, 6.45) is 1.38. The molecule has 0 aromatic rings. The predicted molar refractivity (Wildman–Crippen MR) is 44.6 cm³/mol. The molecule has 70 valence electrons. The van der Waals surface area contributed by atoms with Crippen molar-refractivity contribution in [3.05, 3.63) is 11.5 Å². The second-order valence-corrected chi connectivity index (χ2v) is 3.27. The van der Waals surface area contributed by atoms with Gasteiger partial charge in [-0.05, 0) is 13.3 Å². The molecule has 0 aliphatic carbocycles. The van der Waals surface area contributed by atoms with Gasteiger partial charge in [0.05, 0.1) is 0 Å². The molecule has 1 amide bonds. The molecule has 0 bridgehead atoms. The summed E-state index contributed by atoms with van der Waals surface area (Å²) in [6, 6.07) is 0. The first-order valence-corrected chi connectivity index (χ1v) is 4.37. The van der Waals surface area contributed by atoms with Crippen LogP contribution in [0.1, 0.15) is 19.8 Å². The molecule has 0 radical (unpaired) electrons. The van der Waals surface area contributed by atoms with Crippen molar-refractivity contribution in [2.75, 3.05) is 13.2 Å². The normalized spacial score (nSPS) is 23.0. The number of ketones is 1. The molecule has 0 N–H and O–H groups in total. The van der Waals surface area contributed by atoms with E-state index in [2.05, 4.69) is 0 Å². The largest absolute Gasteiger partial charge is 0.488 e. The van der Waals surface area contributed by atoms with Crippen molar-refractivity contribution in [3.8, 4) is 0 Å². The number of ether oxygens (including phenoxy) is 1. The molecule has 0 atom stereocenters. The highest BCUT2D eigenvalue weighted by molar-refractivity contribution is 6.02. The third kappa shape index (κ3) is 1.22. The molecule has 13 heavy (non-hydrogen) atoms. The van der Waals surface area contributed by atoms with E-state index in [1.165, 1.54) is 0 Å². The molecule has 2 aliphatic heterocycles. The Labute approximate surface area is 76.2 Å². The standard InChI is InChI=1S/C9H11NO3/c1-6-9(7(11)5-13-6)10-4-2-3-8(10)12/h2-5H2,1H3. The van der Waals surface area contributed by atoms with Crippen molar-refractivity contribution in [1.82, 2.24) is 4.90 Å². The van der Waals surface area contributed by atoms with E-state index in [4.69, 9.17) is 4.74 Å². The van der Waals surface area contributed by atoms with Gasteiger partial charge in [-0.3, -0.25) is 9.59 Å². The Morgan fingerprint density at radius 3 is 2.62 bits per heavy atom. The van der Waals surface area contributed by atoms with E-state index in [0.29, 0.717) is 24.4 Å². The van der Waals surface area contributed by atoms with Gasteiger partial charge in [0.15, 0.2) is 6.61 Å². The molecule has 0 saturated carbocycles. The number of nitrogens with zero attached hydrogens (tertiary/aromatic N) is 1. The minimum absolute atomic E-state index is 0.0354. The van der Waals surface area contributed by atoms with Crippen LogP contribution in [0.25, 0.3) is 0 Å². The van der Waals surface area contributed by atoms with E-state index < -0.39 is 0 Å². The molecule has 4 heteroatoms. The van der Waals surface area contributed by atoms with Crippen molar-refractivity contribution in [3.63, 3.8) is 0 Å². The third-order valence-corrected chi connectivity index (χ3v) is 2.36. The van der Waals surface area contributed by atoms with Crippen LogP contribution in [-0.2, 0) is 14.3 Å². The molecule has 2 aliphatic rings. The zero-order chi connectivity index (χ0) is 9.42. The Morgan fingerprint density at radius 1 is 1.38 bits per heavy atom. The molecule has 0 spiro atoms. The summed E-state index contributed by atoms with van der Waals surface area (Å²) in [5.74, 6) is 0.543. The summed E-state index contributed by atoms with van der Waals surface area (Å²) < 4.78 is 5.07. The van der Waals surface area contributed by atoms with Gasteiger partial charge in [-0.2, -0.15) is 0 Å². The summed E-state index contributed by atoms with van der Waals surface area (Å²) in [5.41, 5.74) is 0.475. The van der Waals surface area contributed by atoms with E-state index in [1.807, 2.05) is 0 Å². The van der Waals surface area contributed by atoms with Gasteiger partial charge in [0, 0.05) is 13.0 Å². The van der Waals surface area contributed by atoms with Gasteiger partial charge in [0.2, 0.25) is 11.7 Å². The van der Waals surface area contributed by atoms with Gasteiger partial charge >= 0.3 is 0 Å². The number of carbonyl (C=O) groups is 2. The number of carbonyl (C=O) groups excluding carboxylic acids is 2. The lowest BCUT2D eigenvalue weighted by Gasteiger charge is -2.14. The summed E-state index contributed by atoms with van der Waals surface area (Å²) in [6.45, 7) is 2.47. The second-order valence-electron chi connectivity index (χ2n) is 3.27. The number of likely N-dealkylation sites (tertiary alicyclic amines) is 1. The van der Waals surface area contributed by atoms with E-state index in [0.717, 1.165) is 6.42 Å². The van der Waals surface area contributed by atoms with Gasteiger partial charge in [-0.15, -0.1) is 0 Å². The average molecular weight is 181 g/mol. The van der Waals surface area contributed by atoms with Crippen molar-refractivity contribution >= 4 is 11.7 Å². The monoisotopic (exact) mass is 181 g/mol. The van der Waals surface area contributed by atoms with Crippen LogP contribution in [0.5, 0.6) is 0 Å². The molecular weight excluding hydrogens is 170 g/mol. The van der Waals surface area contributed by atoms with E-state index in [-0.39, 0.29) is 18.3 Å². The van der Waals surface area contributed by atoms with Crippen LogP contribution in [0.15, 0.2) is 11.5 Å². The number of hydrogen-bond donors (Lipinski definition) is 0. The van der Waals surface area contributed by atoms with E-state index in [1.54, 1.807) is 11.8 Å². The van der Waals surface area contributed by atoms with Gasteiger partial charge in [0.1, 0.15) is 11.5 Å². The van der Waals surface area contributed by atoms with Crippen LogP contribution in [0.4, 0.5) is 0 Å². The van der Waals surface area contributed by atoms with Crippen LogP contribution in [-0.4, -0.2) is 29.7 Å². The van der Waals surface area contributed by atoms with E-state index in [9.17, 15) is 9.59 Å². The zero-order valence-corrected chi connectivity index (χ0v) is 7.50. The maximum absolute atomic E-state index is 11.3. The second kappa shape index (κ2) is 2.87. The summed E-state index contributed by atoms with van der Waals surface area (Å²) >= 11 is 0. The molecular formula is C9H11NO3. The third-order valence-electron chi connectivity index (χ3n) is 2.36. The highest BCUT2D eigenvalue weighted by Crippen LogP contribution is 2.24. The maximum atomic E-state index is 11.3. The lowest BCUT2D eigenvalue weighted by molar-refractivity contribution is -0.128. The number of rotatable bonds is 1. The Hall–Kier alpha value is -1.32. The molecule has 4 nitrogen and oxygen atoms in total. The van der Waals surface area contributed by atoms with Crippen LogP contribution in [0, 0.1) is 0 Å². The highest BCUT2D eigenvalue weighted by atomic mass is 16.5. The molecule has 2 heterocycles. The van der Waals surface area contributed by atoms with Crippen molar-refractivity contribution in [2.45, 2.75) is 19.8 Å². The van der Waals surface area contributed by atoms with Crippen molar-refractivity contribution in [1.29, 1.82) is 0 Å². The first-order chi connectivity index (χ1) is 6.20. The Balaban J connectivity index is 2.29. The fraction of sp³-hybridized carbons (Fsp3) is 0.556. The minimum atomic E-state index is -0.0762. The van der Waals surface area contributed by atoms with Gasteiger partial charge < -0.3 is 9.64 Å². The van der Waals surface area contributed by atoms with Crippen molar-refractivity contribution < 1.29 is 14.3 Å². The maximum Gasteiger partial charge on any atom is 0.227 e. The molecule has 0 unspecified atom stereocenters. The number of amides is 1. The SMILES string of the molecule is CC1=C(N2CCCC2=O)C(=O)CO1. The van der Waals surface area contributed by atoms with Crippen LogP contribution in [0.3, 0.4) is 0 Å². The fourth-order valence-electron chi connectivity index (χ4n) is 1.73. The van der Waals surface area contributed by atoms with E-state index >= 15 is 0 Å². The highest BCUT2D eigenvalue weighted by Gasteiger charge is 2.33. The Morgan fingerprint density at radius 2 is 2.15 bits per heavy atom. The van der Waals surface area contributed by atoms with Crippen LogP contribution < -0.4 is 0 Å². The van der Waals surface area contributed by atoms with Gasteiger partial charge in [0.25, 0.3) is 0 Å². The fourth-order valence-corrected chi connectivity index (χ4v) is 1.73. The summed E-state index contributed by atoms with van der Waals surface area (Å²) in [7, 11) is 0. The molecule has 2 rings (SSSR count). The zero-order valence-electron chi connectivity index (χ0n) is 7.50. The predicted octanol–water partition coefficient (Wildman–Crippen LogP) is 0.440. The number of allylic oxidation sites excluding steroid dienone is 1. The molecule has 0 aromatic heterocycles. The topological polar surface area (TPSA) is 46.6 Å². The Bertz CT molecular complexity index is 306. The molecule has 1 fully saturated rings. The van der Waals surface area contributed by atoms with Gasteiger partial charge in [-0.1, -0.05) is 0 Å². The first-order valence-electron chi connectivity index (χ1n) is 4.37. The minimum Gasteiger partial charge on any atom is -0.488 e. The molecule has 1 saturated heterocycles. The van der Waals surface area contributed by atoms with Crippen LogP contribution >= 0.6 is 0 Å². The number of Topliss-reactive ketones (excluding diaryl/α,β-unsaturated/α-hetero) is 1. The Kier molecular flexibility index (Phi) is 1.83. The smallest absolute Gasteiger partial charge is 0.227 e. The quantitative estimate of drug-likeness (QED) is 0.589.